The highest BCUT2D eigenvalue weighted by atomic mass is 16.5. The van der Waals surface area contributed by atoms with Crippen LogP contribution in [0, 0.1) is 0 Å². The minimum Gasteiger partial charge on any atom is -0.457 e. The number of hydrogen-bond donors (Lipinski definition) is 3. The number of likely N-dealkylation sites (tertiary alicyclic amines) is 1. The Morgan fingerprint density at radius 3 is 2.20 bits per heavy atom. The first-order valence-corrected chi connectivity index (χ1v) is 16.9. The molecular weight excluding hydrogens is 568 g/mol. The molecule has 9 nitrogen and oxygen atoms in total. The van der Waals surface area contributed by atoms with Crippen molar-refractivity contribution < 1.29 is 24.2 Å². The molecule has 2 heterocycles. The summed E-state index contributed by atoms with van der Waals surface area (Å²) < 4.78 is 5.97. The largest absolute Gasteiger partial charge is 0.457 e. The Hall–Kier alpha value is -3.43. The first-order chi connectivity index (χ1) is 21.7. The summed E-state index contributed by atoms with van der Waals surface area (Å²) >= 11 is 0. The number of nitrogens with one attached hydrogen (secondary N) is 2. The highest BCUT2D eigenvalue weighted by Crippen LogP contribution is 2.38. The fourth-order valence-electron chi connectivity index (χ4n) is 7.28. The number of hydrogen-bond acceptors (Lipinski definition) is 6. The normalized spacial score (nSPS) is 21.4. The van der Waals surface area contributed by atoms with Crippen molar-refractivity contribution in [3.8, 4) is 11.5 Å². The molecule has 1 spiro atoms. The molecule has 45 heavy (non-hydrogen) atoms. The van der Waals surface area contributed by atoms with Gasteiger partial charge in [0, 0.05) is 45.2 Å². The minimum atomic E-state index is -0.869. The van der Waals surface area contributed by atoms with Gasteiger partial charge in [-0.1, -0.05) is 57.6 Å². The molecule has 0 unspecified atom stereocenters. The summed E-state index contributed by atoms with van der Waals surface area (Å²) in [6, 6.07) is 14.4. The van der Waals surface area contributed by atoms with Crippen LogP contribution in [-0.4, -0.2) is 76.5 Å². The summed E-state index contributed by atoms with van der Waals surface area (Å²) in [4.78, 5) is 43.9. The van der Waals surface area contributed by atoms with Gasteiger partial charge in [0.05, 0.1) is 5.60 Å². The molecule has 3 N–H and O–H groups in total. The van der Waals surface area contributed by atoms with E-state index in [2.05, 4.69) is 34.6 Å². The van der Waals surface area contributed by atoms with E-state index < -0.39 is 17.2 Å². The number of aliphatic hydroxyl groups is 1. The van der Waals surface area contributed by atoms with Gasteiger partial charge < -0.3 is 25.4 Å². The molecule has 3 fully saturated rings. The number of piperidine rings is 1. The number of piperazine rings is 1. The van der Waals surface area contributed by atoms with Crippen molar-refractivity contribution in [2.24, 2.45) is 0 Å². The SMILES string of the molecule is CCCCCCN1C(=O)[C@@H](CC2(O)CCCCC2)NC(=O)C12CCN(Cc1ccc(Oc3ccc(C(=O)NC)cc3)cc1)CC2. The molecule has 9 heteroatoms. The van der Waals surface area contributed by atoms with Gasteiger partial charge in [0.1, 0.15) is 23.1 Å². The van der Waals surface area contributed by atoms with Crippen LogP contribution in [0.4, 0.5) is 0 Å². The van der Waals surface area contributed by atoms with Gasteiger partial charge in [-0.25, -0.2) is 0 Å². The third-order valence-corrected chi connectivity index (χ3v) is 10.0. The smallest absolute Gasteiger partial charge is 0.251 e. The van der Waals surface area contributed by atoms with E-state index in [0.29, 0.717) is 55.7 Å². The van der Waals surface area contributed by atoms with E-state index in [0.717, 1.165) is 70.1 Å². The van der Waals surface area contributed by atoms with Crippen LogP contribution in [0.3, 0.4) is 0 Å². The summed E-state index contributed by atoms with van der Waals surface area (Å²) in [5.41, 5.74) is 0.0351. The van der Waals surface area contributed by atoms with E-state index in [9.17, 15) is 19.5 Å². The molecule has 2 aromatic rings. The molecule has 1 saturated carbocycles. The maximum Gasteiger partial charge on any atom is 0.251 e. The molecule has 5 rings (SSSR count). The van der Waals surface area contributed by atoms with Crippen LogP contribution in [-0.2, 0) is 16.1 Å². The standard InChI is InChI=1S/C36H50N4O5/c1-3-4-5-9-22-40-33(42)31(25-35(44)18-7-6-8-19-35)38-34(43)36(40)20-23-39(24-21-36)26-27-10-14-29(15-11-27)45-30-16-12-28(13-17-30)32(41)37-2/h10-17,31,44H,3-9,18-26H2,1-2H3,(H,37,41)(H,38,43)/t31-/m1/s1. The number of carbonyl (C=O) groups excluding carboxylic acids is 3. The number of rotatable bonds is 12. The van der Waals surface area contributed by atoms with Gasteiger partial charge in [-0.05, 0) is 74.1 Å². The number of carbonyl (C=O) groups is 3. The molecule has 3 amide bonds. The Balaban J connectivity index is 1.20. The summed E-state index contributed by atoms with van der Waals surface area (Å²) in [5, 5.41) is 16.9. The van der Waals surface area contributed by atoms with Crippen molar-refractivity contribution >= 4 is 17.7 Å². The van der Waals surface area contributed by atoms with E-state index in [-0.39, 0.29) is 17.7 Å². The van der Waals surface area contributed by atoms with Gasteiger partial charge in [0.2, 0.25) is 11.8 Å². The van der Waals surface area contributed by atoms with Crippen molar-refractivity contribution in [3.05, 3.63) is 59.7 Å². The van der Waals surface area contributed by atoms with Gasteiger partial charge in [-0.15, -0.1) is 0 Å². The highest BCUT2D eigenvalue weighted by Gasteiger charge is 2.54. The second kappa shape index (κ2) is 14.8. The van der Waals surface area contributed by atoms with Gasteiger partial charge >= 0.3 is 0 Å². The summed E-state index contributed by atoms with van der Waals surface area (Å²) in [6.45, 7) is 4.95. The molecule has 244 valence electrons. The Morgan fingerprint density at radius 1 is 0.933 bits per heavy atom. The van der Waals surface area contributed by atoms with Crippen LogP contribution in [0.1, 0.15) is 99.9 Å². The third kappa shape index (κ3) is 7.87. The number of ether oxygens (including phenoxy) is 1. The number of nitrogens with zero attached hydrogens (tertiary/aromatic N) is 2. The second-order valence-corrected chi connectivity index (χ2v) is 13.2. The van der Waals surface area contributed by atoms with E-state index in [1.807, 2.05) is 17.0 Å². The molecule has 3 aliphatic rings. The van der Waals surface area contributed by atoms with Crippen molar-refractivity contribution in [2.45, 2.75) is 108 Å². The molecule has 0 bridgehead atoms. The molecular formula is C36H50N4O5. The predicted molar refractivity (Wildman–Crippen MR) is 174 cm³/mol. The molecule has 0 radical (unpaired) electrons. The average Bonchev–Trinajstić information content (AvgIpc) is 3.05. The molecule has 0 aromatic heterocycles. The zero-order valence-electron chi connectivity index (χ0n) is 27.0. The van der Waals surface area contributed by atoms with E-state index in [1.165, 1.54) is 0 Å². The number of amides is 3. The Morgan fingerprint density at radius 2 is 1.58 bits per heavy atom. The predicted octanol–water partition coefficient (Wildman–Crippen LogP) is 5.17. The lowest BCUT2D eigenvalue weighted by Crippen LogP contribution is -2.73. The van der Waals surface area contributed by atoms with E-state index >= 15 is 0 Å². The van der Waals surface area contributed by atoms with E-state index in [4.69, 9.17) is 4.74 Å². The van der Waals surface area contributed by atoms with Crippen molar-refractivity contribution in [1.82, 2.24) is 20.4 Å². The first kappa shape index (κ1) is 32.9. The fraction of sp³-hybridized carbons (Fsp3) is 0.583. The molecule has 1 aliphatic carbocycles. The van der Waals surface area contributed by atoms with Crippen LogP contribution in [0.5, 0.6) is 11.5 Å². The number of benzene rings is 2. The number of unbranched alkanes of at least 4 members (excludes halogenated alkanes) is 3. The first-order valence-electron chi connectivity index (χ1n) is 16.9. The molecule has 1 atom stereocenters. The van der Waals surface area contributed by atoms with Gasteiger partial charge in [0.15, 0.2) is 0 Å². The van der Waals surface area contributed by atoms with Crippen LogP contribution >= 0.6 is 0 Å². The minimum absolute atomic E-state index is 0.0163. The lowest BCUT2D eigenvalue weighted by molar-refractivity contribution is -0.163. The maximum absolute atomic E-state index is 14.0. The average molecular weight is 619 g/mol. The topological polar surface area (TPSA) is 111 Å². The van der Waals surface area contributed by atoms with Crippen molar-refractivity contribution in [1.29, 1.82) is 0 Å². The van der Waals surface area contributed by atoms with E-state index in [1.54, 1.807) is 31.3 Å². The molecule has 2 saturated heterocycles. The fourth-order valence-corrected chi connectivity index (χ4v) is 7.28. The monoisotopic (exact) mass is 618 g/mol. The zero-order valence-corrected chi connectivity index (χ0v) is 27.0. The summed E-state index contributed by atoms with van der Waals surface area (Å²) in [7, 11) is 1.61. The van der Waals surface area contributed by atoms with Gasteiger partial charge in [-0.2, -0.15) is 0 Å². The van der Waals surface area contributed by atoms with Gasteiger partial charge in [-0.3, -0.25) is 19.3 Å². The maximum atomic E-state index is 14.0. The Bertz CT molecular complexity index is 1300. The highest BCUT2D eigenvalue weighted by molar-refractivity contribution is 6.00. The Labute approximate surface area is 267 Å². The second-order valence-electron chi connectivity index (χ2n) is 13.2. The third-order valence-electron chi connectivity index (χ3n) is 10.0. The van der Waals surface area contributed by atoms with Crippen LogP contribution in [0.15, 0.2) is 48.5 Å². The lowest BCUT2D eigenvalue weighted by atomic mass is 9.77. The summed E-state index contributed by atoms with van der Waals surface area (Å²) in [6.07, 6.45) is 10.1. The quantitative estimate of drug-likeness (QED) is 0.283. The van der Waals surface area contributed by atoms with Crippen molar-refractivity contribution in [3.63, 3.8) is 0 Å². The van der Waals surface area contributed by atoms with Gasteiger partial charge in [0.25, 0.3) is 5.91 Å². The van der Waals surface area contributed by atoms with Crippen LogP contribution in [0.2, 0.25) is 0 Å². The Kier molecular flexibility index (Phi) is 10.8. The molecule has 2 aromatic carbocycles. The lowest BCUT2D eigenvalue weighted by Gasteiger charge is -2.52. The molecule has 2 aliphatic heterocycles. The zero-order chi connectivity index (χ0) is 31.9. The van der Waals surface area contributed by atoms with Crippen molar-refractivity contribution in [2.75, 3.05) is 26.7 Å². The van der Waals surface area contributed by atoms with Crippen LogP contribution < -0.4 is 15.4 Å². The summed E-state index contributed by atoms with van der Waals surface area (Å²) in [5.74, 6) is 1.17. The van der Waals surface area contributed by atoms with Crippen LogP contribution in [0.25, 0.3) is 0 Å².